The highest BCUT2D eigenvalue weighted by Gasteiger charge is 2.41. The molecule has 5 heteroatoms. The zero-order chi connectivity index (χ0) is 19.1. The summed E-state index contributed by atoms with van der Waals surface area (Å²) in [5, 5.41) is 7.73. The molecule has 0 amide bonds. The van der Waals surface area contributed by atoms with Crippen molar-refractivity contribution in [3.05, 3.63) is 94.5 Å². The lowest BCUT2D eigenvalue weighted by Gasteiger charge is -2.38. The summed E-state index contributed by atoms with van der Waals surface area (Å²) in [6, 6.07) is 24.1. The SMILES string of the molecule is COc1ccc(C2=NN3[C@H](C2)c2cc(Cl)ccc2O[C@@H]3c2ccccc2)cc1. The highest BCUT2D eigenvalue weighted by Crippen LogP contribution is 2.48. The summed E-state index contributed by atoms with van der Waals surface area (Å²) in [7, 11) is 1.67. The summed E-state index contributed by atoms with van der Waals surface area (Å²) in [6.07, 6.45) is 0.530. The lowest BCUT2D eigenvalue weighted by molar-refractivity contribution is -0.0190. The monoisotopic (exact) mass is 390 g/mol. The molecular formula is C23H19ClN2O2. The second kappa shape index (κ2) is 6.88. The Bertz CT molecular complexity index is 1030. The van der Waals surface area contributed by atoms with Crippen LogP contribution in [0.1, 0.15) is 35.4 Å². The van der Waals surface area contributed by atoms with Gasteiger partial charge >= 0.3 is 0 Å². The van der Waals surface area contributed by atoms with Gasteiger partial charge in [-0.3, -0.25) is 0 Å². The van der Waals surface area contributed by atoms with Crippen molar-refractivity contribution in [1.82, 2.24) is 5.01 Å². The van der Waals surface area contributed by atoms with Gasteiger partial charge in [0.25, 0.3) is 0 Å². The molecule has 3 aromatic rings. The number of ether oxygens (including phenoxy) is 2. The molecule has 0 saturated heterocycles. The highest BCUT2D eigenvalue weighted by molar-refractivity contribution is 6.30. The van der Waals surface area contributed by atoms with Crippen LogP contribution in [0.4, 0.5) is 0 Å². The lowest BCUT2D eigenvalue weighted by atomic mass is 9.96. The average Bonchev–Trinajstić information content (AvgIpc) is 3.20. The molecule has 0 bridgehead atoms. The van der Waals surface area contributed by atoms with E-state index in [9.17, 15) is 0 Å². The smallest absolute Gasteiger partial charge is 0.213 e. The number of rotatable bonds is 3. The molecule has 3 aromatic carbocycles. The van der Waals surface area contributed by atoms with Gasteiger partial charge in [-0.05, 0) is 48.0 Å². The molecule has 0 radical (unpaired) electrons. The van der Waals surface area contributed by atoms with E-state index in [0.717, 1.165) is 40.3 Å². The normalized spacial score (nSPS) is 20.1. The molecule has 0 N–H and O–H groups in total. The second-order valence-corrected chi connectivity index (χ2v) is 7.37. The van der Waals surface area contributed by atoms with E-state index in [-0.39, 0.29) is 12.3 Å². The fourth-order valence-corrected chi connectivity index (χ4v) is 4.03. The third-order valence-corrected chi connectivity index (χ3v) is 5.49. The van der Waals surface area contributed by atoms with Crippen LogP contribution >= 0.6 is 11.6 Å². The first-order valence-corrected chi connectivity index (χ1v) is 9.62. The van der Waals surface area contributed by atoms with Crippen molar-refractivity contribution in [2.75, 3.05) is 7.11 Å². The van der Waals surface area contributed by atoms with E-state index < -0.39 is 0 Å². The minimum atomic E-state index is -0.268. The van der Waals surface area contributed by atoms with Gasteiger partial charge in [-0.1, -0.05) is 41.9 Å². The third-order valence-electron chi connectivity index (χ3n) is 5.26. The van der Waals surface area contributed by atoms with Gasteiger partial charge in [0.05, 0.1) is 18.9 Å². The van der Waals surface area contributed by atoms with Crippen LogP contribution in [0.3, 0.4) is 0 Å². The predicted molar refractivity (Wildman–Crippen MR) is 110 cm³/mol. The Morgan fingerprint density at radius 3 is 2.57 bits per heavy atom. The van der Waals surface area contributed by atoms with E-state index >= 15 is 0 Å². The number of methoxy groups -OCH3 is 1. The summed E-state index contributed by atoms with van der Waals surface area (Å²) in [5.74, 6) is 1.70. The molecule has 0 saturated carbocycles. The molecule has 2 aliphatic rings. The number of fused-ring (bicyclic) bond motifs is 3. The molecule has 0 aliphatic carbocycles. The molecule has 140 valence electrons. The van der Waals surface area contributed by atoms with Crippen molar-refractivity contribution in [3.63, 3.8) is 0 Å². The fourth-order valence-electron chi connectivity index (χ4n) is 3.85. The first-order chi connectivity index (χ1) is 13.7. The zero-order valence-electron chi connectivity index (χ0n) is 15.4. The van der Waals surface area contributed by atoms with Crippen molar-refractivity contribution in [2.45, 2.75) is 18.7 Å². The van der Waals surface area contributed by atoms with Crippen molar-refractivity contribution < 1.29 is 9.47 Å². The summed E-state index contributed by atoms with van der Waals surface area (Å²) >= 11 is 6.28. The first-order valence-electron chi connectivity index (χ1n) is 9.24. The lowest BCUT2D eigenvalue weighted by Crippen LogP contribution is -2.33. The van der Waals surface area contributed by atoms with E-state index in [2.05, 4.69) is 17.1 Å². The number of hydrogen-bond donors (Lipinski definition) is 0. The van der Waals surface area contributed by atoms with Crippen LogP contribution in [0.5, 0.6) is 11.5 Å². The van der Waals surface area contributed by atoms with Gasteiger partial charge in [0, 0.05) is 22.6 Å². The Morgan fingerprint density at radius 2 is 1.82 bits per heavy atom. The average molecular weight is 391 g/mol. The number of benzene rings is 3. The van der Waals surface area contributed by atoms with E-state index in [1.54, 1.807) is 7.11 Å². The van der Waals surface area contributed by atoms with E-state index in [1.807, 2.05) is 60.7 Å². The van der Waals surface area contributed by atoms with Gasteiger partial charge < -0.3 is 9.47 Å². The quantitative estimate of drug-likeness (QED) is 0.584. The number of hydrogen-bond acceptors (Lipinski definition) is 4. The maximum atomic E-state index is 6.35. The van der Waals surface area contributed by atoms with E-state index in [0.29, 0.717) is 5.02 Å². The third kappa shape index (κ3) is 2.90. The Balaban J connectivity index is 1.57. The maximum Gasteiger partial charge on any atom is 0.213 e. The Morgan fingerprint density at radius 1 is 1.04 bits per heavy atom. The highest BCUT2D eigenvalue weighted by atomic mass is 35.5. The summed E-state index contributed by atoms with van der Waals surface area (Å²) in [5.41, 5.74) is 4.27. The molecule has 2 atom stereocenters. The zero-order valence-corrected chi connectivity index (χ0v) is 16.1. The summed E-state index contributed by atoms with van der Waals surface area (Å²) < 4.78 is 11.6. The van der Waals surface area contributed by atoms with Gasteiger partial charge in [-0.25, -0.2) is 5.01 Å². The topological polar surface area (TPSA) is 34.1 Å². The van der Waals surface area contributed by atoms with Crippen molar-refractivity contribution in [2.24, 2.45) is 5.10 Å². The Kier molecular flexibility index (Phi) is 4.21. The predicted octanol–water partition coefficient (Wildman–Crippen LogP) is 5.59. The molecule has 2 aliphatic heterocycles. The molecule has 5 rings (SSSR count). The molecule has 2 heterocycles. The van der Waals surface area contributed by atoms with Crippen LogP contribution in [0.2, 0.25) is 5.02 Å². The maximum absolute atomic E-state index is 6.35. The summed E-state index contributed by atoms with van der Waals surface area (Å²) in [4.78, 5) is 0. The Labute approximate surface area is 169 Å². The van der Waals surface area contributed by atoms with E-state index in [4.69, 9.17) is 26.2 Å². The standard InChI is InChI=1S/C23H19ClN2O2/c1-27-18-10-7-15(8-11-18)20-14-21-19-13-17(24)9-12-22(19)28-23(26(21)25-20)16-5-3-2-4-6-16/h2-13,21,23H,14H2,1H3/t21-,23-/m1/s1. The van der Waals surface area contributed by atoms with Gasteiger partial charge in [-0.2, -0.15) is 5.10 Å². The molecule has 0 fully saturated rings. The number of halogens is 1. The minimum absolute atomic E-state index is 0.0877. The van der Waals surface area contributed by atoms with Crippen LogP contribution in [0, 0.1) is 0 Å². The van der Waals surface area contributed by atoms with Crippen molar-refractivity contribution in [3.8, 4) is 11.5 Å². The Hall–Kier alpha value is -2.98. The second-order valence-electron chi connectivity index (χ2n) is 6.94. The molecule has 0 spiro atoms. The van der Waals surface area contributed by atoms with Crippen LogP contribution in [0.25, 0.3) is 0 Å². The van der Waals surface area contributed by atoms with Crippen molar-refractivity contribution >= 4 is 17.3 Å². The van der Waals surface area contributed by atoms with E-state index in [1.165, 1.54) is 0 Å². The van der Waals surface area contributed by atoms with Crippen molar-refractivity contribution in [1.29, 1.82) is 0 Å². The van der Waals surface area contributed by atoms with Gasteiger partial charge in [0.1, 0.15) is 11.5 Å². The molecule has 0 aromatic heterocycles. The van der Waals surface area contributed by atoms with Gasteiger partial charge in [0.2, 0.25) is 6.23 Å². The minimum Gasteiger partial charge on any atom is -0.497 e. The number of nitrogens with zero attached hydrogens (tertiary/aromatic N) is 2. The number of hydrazone groups is 1. The largest absolute Gasteiger partial charge is 0.497 e. The molecule has 28 heavy (non-hydrogen) atoms. The first kappa shape index (κ1) is 17.1. The molecule has 4 nitrogen and oxygen atoms in total. The van der Waals surface area contributed by atoms with Gasteiger partial charge in [0.15, 0.2) is 0 Å². The molecular weight excluding hydrogens is 372 g/mol. The van der Waals surface area contributed by atoms with Crippen LogP contribution < -0.4 is 9.47 Å². The van der Waals surface area contributed by atoms with Crippen LogP contribution in [-0.2, 0) is 0 Å². The molecule has 0 unspecified atom stereocenters. The van der Waals surface area contributed by atoms with Crippen LogP contribution in [-0.4, -0.2) is 17.8 Å². The fraction of sp³-hybridized carbons (Fsp3) is 0.174. The summed E-state index contributed by atoms with van der Waals surface area (Å²) in [6.45, 7) is 0. The van der Waals surface area contributed by atoms with Gasteiger partial charge in [-0.15, -0.1) is 0 Å². The van der Waals surface area contributed by atoms with Crippen LogP contribution in [0.15, 0.2) is 77.9 Å².